The van der Waals surface area contributed by atoms with Gasteiger partial charge in [0.2, 0.25) is 5.95 Å². The Morgan fingerprint density at radius 3 is 1.89 bits per heavy atom. The van der Waals surface area contributed by atoms with Crippen LogP contribution in [0.2, 0.25) is 0 Å². The molecule has 2 saturated carbocycles. The summed E-state index contributed by atoms with van der Waals surface area (Å²) in [6, 6.07) is 44.4. The molecule has 0 radical (unpaired) electrons. The number of aromatic nitrogens is 3. The van der Waals surface area contributed by atoms with Crippen LogP contribution in [-0.4, -0.2) is 14.5 Å². The zero-order chi connectivity index (χ0) is 31.1. The second-order valence-corrected chi connectivity index (χ2v) is 14.3. The molecule has 0 saturated heterocycles. The van der Waals surface area contributed by atoms with Gasteiger partial charge in [-0.2, -0.15) is 0 Å². The molecule has 2 fully saturated rings. The minimum atomic E-state index is 0.260. The standard InChI is InChI=1S/C44H37N3/c1-2-44(26-28-18-19-29(24-28)27-44)33-13-9-12-32(25-33)40-38-16-7-8-17-39(38)45-43(46-40)47-41-34-14-5-3-10-30(34)20-22-36(41)37-23-21-31-11-4-6-15-35(31)42(37)47/h3-17,20-23,25,28-29H,2,18-19,24,26-27H2,1H3/t28-,29?,44?/m0/s1. The molecule has 8 aromatic rings. The van der Waals surface area contributed by atoms with E-state index < -0.39 is 0 Å². The van der Waals surface area contributed by atoms with E-state index in [2.05, 4.69) is 133 Å². The summed E-state index contributed by atoms with van der Waals surface area (Å²) < 4.78 is 2.35. The molecule has 3 atom stereocenters. The molecule has 3 nitrogen and oxygen atoms in total. The first-order valence-corrected chi connectivity index (χ1v) is 17.4. The molecule has 2 aliphatic carbocycles. The van der Waals surface area contributed by atoms with Crippen molar-refractivity contribution < 1.29 is 0 Å². The van der Waals surface area contributed by atoms with E-state index in [9.17, 15) is 0 Å². The highest BCUT2D eigenvalue weighted by Gasteiger charge is 2.43. The van der Waals surface area contributed by atoms with Crippen molar-refractivity contribution in [1.82, 2.24) is 14.5 Å². The monoisotopic (exact) mass is 607 g/mol. The fraction of sp³-hybridized carbons (Fsp3) is 0.227. The summed E-state index contributed by atoms with van der Waals surface area (Å²) in [6.45, 7) is 2.41. The van der Waals surface area contributed by atoms with Crippen LogP contribution >= 0.6 is 0 Å². The number of hydrogen-bond donors (Lipinski definition) is 0. The number of hydrogen-bond acceptors (Lipinski definition) is 2. The molecule has 2 unspecified atom stereocenters. The second kappa shape index (κ2) is 10.2. The van der Waals surface area contributed by atoms with Crippen molar-refractivity contribution >= 4 is 54.3 Å². The van der Waals surface area contributed by atoms with Crippen LogP contribution in [0.5, 0.6) is 0 Å². The fourth-order valence-corrected chi connectivity index (χ4v) is 9.59. The molecule has 0 aliphatic heterocycles. The van der Waals surface area contributed by atoms with Gasteiger partial charge in [-0.1, -0.05) is 129 Å². The largest absolute Gasteiger partial charge is 0.277 e. The van der Waals surface area contributed by atoms with Crippen molar-refractivity contribution in [1.29, 1.82) is 0 Å². The maximum absolute atomic E-state index is 5.56. The Balaban J connectivity index is 1.27. The lowest BCUT2D eigenvalue weighted by Gasteiger charge is -2.41. The first kappa shape index (κ1) is 27.1. The first-order valence-electron chi connectivity index (χ1n) is 17.4. The Morgan fingerprint density at radius 1 is 0.617 bits per heavy atom. The van der Waals surface area contributed by atoms with Crippen LogP contribution in [0, 0.1) is 11.8 Å². The normalized spacial score (nSPS) is 21.0. The van der Waals surface area contributed by atoms with Gasteiger partial charge in [-0.25, -0.2) is 9.97 Å². The number of benzene rings is 6. The molecular weight excluding hydrogens is 571 g/mol. The third-order valence-corrected chi connectivity index (χ3v) is 11.8. The van der Waals surface area contributed by atoms with E-state index in [1.165, 1.54) is 82.0 Å². The maximum atomic E-state index is 5.56. The van der Waals surface area contributed by atoms with E-state index in [4.69, 9.17) is 9.97 Å². The summed E-state index contributed by atoms with van der Waals surface area (Å²) in [7, 11) is 0. The second-order valence-electron chi connectivity index (χ2n) is 14.3. The van der Waals surface area contributed by atoms with E-state index in [0.29, 0.717) is 0 Å². The zero-order valence-corrected chi connectivity index (χ0v) is 26.8. The summed E-state index contributed by atoms with van der Waals surface area (Å²) in [5.41, 5.74) is 7.23. The third kappa shape index (κ3) is 4.05. The maximum Gasteiger partial charge on any atom is 0.235 e. The summed E-state index contributed by atoms with van der Waals surface area (Å²) in [6.07, 6.45) is 8.09. The molecule has 6 aromatic carbocycles. The molecule has 2 bridgehead atoms. The van der Waals surface area contributed by atoms with Gasteiger partial charge in [0.25, 0.3) is 0 Å². The summed E-state index contributed by atoms with van der Waals surface area (Å²) in [4.78, 5) is 10.9. The van der Waals surface area contributed by atoms with Crippen molar-refractivity contribution in [2.24, 2.45) is 11.8 Å². The molecule has 0 N–H and O–H groups in total. The molecule has 10 rings (SSSR count). The lowest BCUT2D eigenvalue weighted by Crippen LogP contribution is -2.33. The van der Waals surface area contributed by atoms with E-state index in [1.54, 1.807) is 0 Å². The van der Waals surface area contributed by atoms with Gasteiger partial charge >= 0.3 is 0 Å². The molecule has 228 valence electrons. The van der Waals surface area contributed by atoms with E-state index in [1.807, 2.05) is 0 Å². The Bertz CT molecular complexity index is 2420. The smallest absolute Gasteiger partial charge is 0.235 e. The number of fused-ring (bicyclic) bond motifs is 10. The fourth-order valence-electron chi connectivity index (χ4n) is 9.59. The molecule has 0 amide bonds. The zero-order valence-electron chi connectivity index (χ0n) is 26.8. The van der Waals surface area contributed by atoms with Gasteiger partial charge in [-0.15, -0.1) is 0 Å². The Labute approximate surface area is 274 Å². The molecule has 47 heavy (non-hydrogen) atoms. The third-order valence-electron chi connectivity index (χ3n) is 11.8. The van der Waals surface area contributed by atoms with Crippen molar-refractivity contribution in [3.8, 4) is 17.2 Å². The number of nitrogens with zero attached hydrogens (tertiary/aromatic N) is 3. The molecular formula is C44H37N3. The minimum Gasteiger partial charge on any atom is -0.277 e. The lowest BCUT2D eigenvalue weighted by molar-refractivity contribution is 0.207. The Kier molecular flexibility index (Phi) is 5.91. The van der Waals surface area contributed by atoms with Gasteiger partial charge < -0.3 is 0 Å². The summed E-state index contributed by atoms with van der Waals surface area (Å²) in [5, 5.41) is 8.40. The Morgan fingerprint density at radius 2 is 1.23 bits per heavy atom. The van der Waals surface area contributed by atoms with Gasteiger partial charge in [0, 0.05) is 32.5 Å². The van der Waals surface area contributed by atoms with Crippen LogP contribution in [0.3, 0.4) is 0 Å². The van der Waals surface area contributed by atoms with Crippen molar-refractivity contribution in [2.75, 3.05) is 0 Å². The first-order chi connectivity index (χ1) is 23.2. The van der Waals surface area contributed by atoms with Crippen LogP contribution in [0.15, 0.2) is 121 Å². The summed E-state index contributed by atoms with van der Waals surface area (Å²) in [5.74, 6) is 2.48. The predicted molar refractivity (Wildman–Crippen MR) is 196 cm³/mol. The SMILES string of the molecule is CCC1(c2cccc(-c3nc(-n4c5c6ccccc6ccc5c5ccc6ccccc6c54)nc4ccccc34)c2)CC2CC[C@@H](C2)C1. The van der Waals surface area contributed by atoms with Gasteiger partial charge in [0.1, 0.15) is 0 Å². The van der Waals surface area contributed by atoms with Gasteiger partial charge in [0.15, 0.2) is 0 Å². The van der Waals surface area contributed by atoms with E-state index in [-0.39, 0.29) is 5.41 Å². The van der Waals surface area contributed by atoms with E-state index >= 15 is 0 Å². The minimum absolute atomic E-state index is 0.260. The van der Waals surface area contributed by atoms with Crippen LogP contribution in [-0.2, 0) is 5.41 Å². The average Bonchev–Trinajstić information content (AvgIpc) is 3.67. The van der Waals surface area contributed by atoms with Crippen LogP contribution in [0.1, 0.15) is 51.0 Å². The molecule has 2 aliphatic rings. The quantitative estimate of drug-likeness (QED) is 0.199. The highest BCUT2D eigenvalue weighted by atomic mass is 15.2. The van der Waals surface area contributed by atoms with Crippen molar-refractivity contribution in [2.45, 2.75) is 50.9 Å². The highest BCUT2D eigenvalue weighted by Crippen LogP contribution is 2.53. The molecule has 2 heterocycles. The van der Waals surface area contributed by atoms with Crippen LogP contribution < -0.4 is 0 Å². The lowest BCUT2D eigenvalue weighted by atomic mass is 9.64. The highest BCUT2D eigenvalue weighted by molar-refractivity contribution is 6.23. The topological polar surface area (TPSA) is 30.7 Å². The van der Waals surface area contributed by atoms with Gasteiger partial charge in [-0.3, -0.25) is 4.57 Å². The number of para-hydroxylation sites is 1. The van der Waals surface area contributed by atoms with Gasteiger partial charge in [-0.05, 0) is 71.4 Å². The Hall–Kier alpha value is -5.02. The molecule has 2 aromatic heterocycles. The van der Waals surface area contributed by atoms with Crippen LogP contribution in [0.4, 0.5) is 0 Å². The molecule has 3 heteroatoms. The van der Waals surface area contributed by atoms with Crippen molar-refractivity contribution in [3.63, 3.8) is 0 Å². The predicted octanol–water partition coefficient (Wildman–Crippen LogP) is 11.6. The average molecular weight is 608 g/mol. The van der Waals surface area contributed by atoms with E-state index in [0.717, 1.165) is 45.4 Å². The summed E-state index contributed by atoms with van der Waals surface area (Å²) >= 11 is 0. The van der Waals surface area contributed by atoms with Crippen molar-refractivity contribution in [3.05, 3.63) is 127 Å². The van der Waals surface area contributed by atoms with Gasteiger partial charge in [0.05, 0.1) is 22.2 Å². The number of rotatable bonds is 4. The van der Waals surface area contributed by atoms with Crippen LogP contribution in [0.25, 0.3) is 71.5 Å². The molecule has 0 spiro atoms.